The van der Waals surface area contributed by atoms with Gasteiger partial charge in [-0.2, -0.15) is 0 Å². The third-order valence-corrected chi connectivity index (χ3v) is 5.81. The van der Waals surface area contributed by atoms with E-state index in [1.165, 1.54) is 38.5 Å². The van der Waals surface area contributed by atoms with Gasteiger partial charge in [0.25, 0.3) is 0 Å². The molecule has 0 radical (unpaired) electrons. The van der Waals surface area contributed by atoms with Crippen molar-refractivity contribution in [3.8, 4) is 11.5 Å². The smallest absolute Gasteiger partial charge is 0.206 e. The third-order valence-electron chi connectivity index (χ3n) is 2.97. The van der Waals surface area contributed by atoms with Gasteiger partial charge in [0.1, 0.15) is 0 Å². The van der Waals surface area contributed by atoms with Crippen LogP contribution in [-0.2, 0) is 9.84 Å². The fraction of sp³-hybridized carbons (Fsp3) is 0.143. The number of ether oxygens (including phenoxy) is 2. The predicted molar refractivity (Wildman–Crippen MR) is 91.5 cm³/mol. The number of hydrogen-bond acceptors (Lipinski definition) is 4. The highest BCUT2D eigenvalue weighted by molar-refractivity contribution is 7.91. The molecule has 0 amide bonds. The average Bonchev–Trinajstić information content (AvgIpc) is 2.46. The number of halogens is 4. The van der Waals surface area contributed by atoms with Crippen LogP contribution < -0.4 is 9.47 Å². The summed E-state index contributed by atoms with van der Waals surface area (Å²) in [5.74, 6) is 0.385. The van der Waals surface area contributed by atoms with E-state index in [0.717, 1.165) is 0 Å². The predicted octanol–water partition coefficient (Wildman–Crippen LogP) is 5.15. The van der Waals surface area contributed by atoms with E-state index in [0.29, 0.717) is 0 Å². The fourth-order valence-electron chi connectivity index (χ4n) is 1.91. The Morgan fingerprint density at radius 2 is 0.957 bits per heavy atom. The van der Waals surface area contributed by atoms with Crippen molar-refractivity contribution in [1.29, 1.82) is 0 Å². The fourth-order valence-corrected chi connectivity index (χ4v) is 4.82. The maximum atomic E-state index is 12.7. The maximum absolute atomic E-state index is 12.7. The first kappa shape index (κ1) is 18.5. The standard InChI is InChI=1S/C14H10Cl4O4S/c1-21-13-9(15)3-7(4-10(13)16)23(19,20)8-5-11(17)14(22-2)12(18)6-8/h3-6H,1-2H3. The molecular weight excluding hydrogens is 406 g/mol. The lowest BCUT2D eigenvalue weighted by molar-refractivity contribution is 0.415. The van der Waals surface area contributed by atoms with Crippen LogP contribution in [-0.4, -0.2) is 22.6 Å². The molecule has 0 N–H and O–H groups in total. The summed E-state index contributed by atoms with van der Waals surface area (Å²) in [7, 11) is -1.17. The second-order valence-corrected chi connectivity index (χ2v) is 7.92. The largest absolute Gasteiger partial charge is 0.494 e. The zero-order chi connectivity index (χ0) is 17.4. The van der Waals surface area contributed by atoms with Gasteiger partial charge in [0.05, 0.1) is 44.1 Å². The van der Waals surface area contributed by atoms with E-state index in [-0.39, 0.29) is 41.4 Å². The quantitative estimate of drug-likeness (QED) is 0.692. The Morgan fingerprint density at radius 3 is 1.17 bits per heavy atom. The van der Waals surface area contributed by atoms with Crippen molar-refractivity contribution < 1.29 is 17.9 Å². The number of benzene rings is 2. The lowest BCUT2D eigenvalue weighted by Crippen LogP contribution is -2.03. The molecule has 0 atom stereocenters. The van der Waals surface area contributed by atoms with Crippen LogP contribution in [0.1, 0.15) is 0 Å². The number of sulfone groups is 1. The summed E-state index contributed by atoms with van der Waals surface area (Å²) >= 11 is 24.0. The van der Waals surface area contributed by atoms with Crippen LogP contribution in [0.25, 0.3) is 0 Å². The molecule has 9 heteroatoms. The molecule has 4 nitrogen and oxygen atoms in total. The molecule has 0 aliphatic carbocycles. The van der Waals surface area contributed by atoms with Gasteiger partial charge in [-0.05, 0) is 24.3 Å². The Hall–Kier alpha value is -0.850. The molecule has 0 aliphatic rings. The van der Waals surface area contributed by atoms with Crippen molar-refractivity contribution in [3.05, 3.63) is 44.4 Å². The molecule has 0 saturated heterocycles. The lowest BCUT2D eigenvalue weighted by Gasteiger charge is -2.12. The van der Waals surface area contributed by atoms with Crippen molar-refractivity contribution in [2.45, 2.75) is 9.79 Å². The molecule has 0 saturated carbocycles. The SMILES string of the molecule is COc1c(Cl)cc(S(=O)(=O)c2cc(Cl)c(OC)c(Cl)c2)cc1Cl. The van der Waals surface area contributed by atoms with Crippen molar-refractivity contribution in [3.63, 3.8) is 0 Å². The van der Waals surface area contributed by atoms with Crippen LogP contribution in [0.15, 0.2) is 34.1 Å². The zero-order valence-corrected chi connectivity index (χ0v) is 15.7. The van der Waals surface area contributed by atoms with E-state index < -0.39 is 9.84 Å². The summed E-state index contributed by atoms with van der Waals surface area (Å²) in [4.78, 5) is -0.212. The van der Waals surface area contributed by atoms with Gasteiger partial charge in [0.15, 0.2) is 11.5 Å². The van der Waals surface area contributed by atoms with Crippen molar-refractivity contribution in [2.75, 3.05) is 14.2 Å². The van der Waals surface area contributed by atoms with E-state index in [4.69, 9.17) is 55.9 Å². The minimum Gasteiger partial charge on any atom is -0.494 e. The minimum atomic E-state index is -3.93. The van der Waals surface area contributed by atoms with Crippen LogP contribution in [0.3, 0.4) is 0 Å². The van der Waals surface area contributed by atoms with Gasteiger partial charge in [-0.15, -0.1) is 0 Å². The van der Waals surface area contributed by atoms with E-state index in [9.17, 15) is 8.42 Å². The molecule has 0 heterocycles. The number of methoxy groups -OCH3 is 2. The highest BCUT2D eigenvalue weighted by Crippen LogP contribution is 2.39. The Labute approximate surface area is 153 Å². The first-order valence-corrected chi connectivity index (χ1v) is 9.03. The van der Waals surface area contributed by atoms with Crippen LogP contribution in [0.5, 0.6) is 11.5 Å². The topological polar surface area (TPSA) is 52.6 Å². The van der Waals surface area contributed by atoms with E-state index in [2.05, 4.69) is 0 Å². The zero-order valence-electron chi connectivity index (χ0n) is 11.9. The van der Waals surface area contributed by atoms with Crippen molar-refractivity contribution >= 4 is 56.2 Å². The van der Waals surface area contributed by atoms with E-state index in [1.807, 2.05) is 0 Å². The van der Waals surface area contributed by atoms with Gasteiger partial charge in [0, 0.05) is 0 Å². The van der Waals surface area contributed by atoms with E-state index >= 15 is 0 Å². The van der Waals surface area contributed by atoms with Gasteiger partial charge >= 0.3 is 0 Å². The van der Waals surface area contributed by atoms with Crippen LogP contribution >= 0.6 is 46.4 Å². The molecule has 2 aromatic rings. The van der Waals surface area contributed by atoms with Crippen molar-refractivity contribution in [1.82, 2.24) is 0 Å². The van der Waals surface area contributed by atoms with Gasteiger partial charge in [0.2, 0.25) is 9.84 Å². The molecular formula is C14H10Cl4O4S. The minimum absolute atomic E-state index is 0.0734. The van der Waals surface area contributed by atoms with Gasteiger partial charge in [-0.1, -0.05) is 46.4 Å². The highest BCUT2D eigenvalue weighted by atomic mass is 35.5. The molecule has 0 fully saturated rings. The summed E-state index contributed by atoms with van der Waals surface area (Å²) < 4.78 is 35.5. The van der Waals surface area contributed by atoms with E-state index in [1.54, 1.807) is 0 Å². The molecule has 2 aromatic carbocycles. The van der Waals surface area contributed by atoms with Crippen LogP contribution in [0.4, 0.5) is 0 Å². The van der Waals surface area contributed by atoms with Crippen LogP contribution in [0.2, 0.25) is 20.1 Å². The summed E-state index contributed by atoms with van der Waals surface area (Å²) in [6.45, 7) is 0. The highest BCUT2D eigenvalue weighted by Gasteiger charge is 2.23. The molecule has 0 bridgehead atoms. The molecule has 0 spiro atoms. The molecule has 0 unspecified atom stereocenters. The van der Waals surface area contributed by atoms with Gasteiger partial charge in [-0.25, -0.2) is 8.42 Å². The third kappa shape index (κ3) is 3.49. The van der Waals surface area contributed by atoms with Crippen molar-refractivity contribution in [2.24, 2.45) is 0 Å². The Morgan fingerprint density at radius 1 is 0.696 bits per heavy atom. The van der Waals surface area contributed by atoms with Gasteiger partial charge < -0.3 is 9.47 Å². The first-order valence-electron chi connectivity index (χ1n) is 6.03. The summed E-state index contributed by atoms with van der Waals surface area (Å²) in [5.41, 5.74) is 0. The Balaban J connectivity index is 2.64. The second-order valence-electron chi connectivity index (χ2n) is 4.34. The number of rotatable bonds is 4. The summed E-state index contributed by atoms with van der Waals surface area (Å²) in [5, 5.41) is 0.294. The first-order chi connectivity index (χ1) is 10.7. The maximum Gasteiger partial charge on any atom is 0.206 e. The summed E-state index contributed by atoms with van der Waals surface area (Å²) in [6.07, 6.45) is 0. The van der Waals surface area contributed by atoms with Gasteiger partial charge in [-0.3, -0.25) is 0 Å². The molecule has 124 valence electrons. The molecule has 0 aliphatic heterocycles. The monoisotopic (exact) mass is 414 g/mol. The Bertz CT molecular complexity index is 754. The average molecular weight is 416 g/mol. The lowest BCUT2D eigenvalue weighted by atomic mass is 10.3. The van der Waals surface area contributed by atoms with Crippen LogP contribution in [0, 0.1) is 0 Å². The molecule has 0 aromatic heterocycles. The second kappa shape index (κ2) is 6.95. The Kier molecular flexibility index (Phi) is 5.59. The normalized spacial score (nSPS) is 11.4. The number of hydrogen-bond donors (Lipinski definition) is 0. The molecule has 2 rings (SSSR count). The molecule has 23 heavy (non-hydrogen) atoms. The summed E-state index contributed by atoms with van der Waals surface area (Å²) in [6, 6.07) is 4.97.